The van der Waals surface area contributed by atoms with Crippen LogP contribution in [0.3, 0.4) is 0 Å². The Morgan fingerprint density at radius 1 is 1.09 bits per heavy atom. The summed E-state index contributed by atoms with van der Waals surface area (Å²) in [6.07, 6.45) is 9.06. The van der Waals surface area contributed by atoms with Gasteiger partial charge in [-0.1, -0.05) is 49.8 Å². The van der Waals surface area contributed by atoms with E-state index >= 15 is 0 Å². The second kappa shape index (κ2) is 10.1. The van der Waals surface area contributed by atoms with Gasteiger partial charge in [-0.25, -0.2) is 4.79 Å². The molecule has 1 aromatic carbocycles. The molecule has 3 N–H and O–H groups in total. The Hall–Kier alpha value is -2.28. The van der Waals surface area contributed by atoms with Gasteiger partial charge in [-0.3, -0.25) is 9.59 Å². The maximum atomic E-state index is 13.4. The number of anilines is 1. The summed E-state index contributed by atoms with van der Waals surface area (Å²) in [4.78, 5) is 40.9. The Morgan fingerprint density at radius 3 is 2.56 bits per heavy atom. The van der Waals surface area contributed by atoms with Crippen molar-refractivity contribution >= 4 is 35.1 Å². The van der Waals surface area contributed by atoms with Crippen molar-refractivity contribution < 1.29 is 14.4 Å². The van der Waals surface area contributed by atoms with Gasteiger partial charge in [-0.15, -0.1) is 0 Å². The molecule has 1 aromatic rings. The number of fused-ring (bicyclic) bond motifs is 1. The minimum Gasteiger partial charge on any atom is -0.349 e. The standard InChI is InChI=1S/C24H33ClN4O3/c1-15-11-12-17(13-18(15)25)26-22(30)14-21-23(31)28-19-9-5-6-10-20(19)29(21)24(32)27-16-7-3-2-4-8-16/h11-13,16,19-21H,2-10,14H2,1H3,(H,26,30)(H,27,32)(H,28,31)/t19-,20-,21-/m1/s1. The molecule has 4 rings (SSSR count). The highest BCUT2D eigenvalue weighted by Crippen LogP contribution is 2.30. The molecule has 4 amide bonds. The predicted molar refractivity (Wildman–Crippen MR) is 125 cm³/mol. The Morgan fingerprint density at radius 2 is 1.81 bits per heavy atom. The first-order valence-electron chi connectivity index (χ1n) is 11.9. The molecule has 3 atom stereocenters. The lowest BCUT2D eigenvalue weighted by Gasteiger charge is -2.48. The molecule has 1 saturated heterocycles. The first-order chi connectivity index (χ1) is 15.4. The molecule has 0 aromatic heterocycles. The van der Waals surface area contributed by atoms with Crippen LogP contribution in [-0.4, -0.2) is 46.9 Å². The van der Waals surface area contributed by atoms with Crippen molar-refractivity contribution in [2.45, 2.75) is 95.3 Å². The predicted octanol–water partition coefficient (Wildman–Crippen LogP) is 4.13. The molecule has 1 aliphatic heterocycles. The van der Waals surface area contributed by atoms with Crippen LogP contribution in [0.4, 0.5) is 10.5 Å². The van der Waals surface area contributed by atoms with E-state index in [9.17, 15) is 14.4 Å². The fourth-order valence-electron chi connectivity index (χ4n) is 5.29. The van der Waals surface area contributed by atoms with Gasteiger partial charge in [0.15, 0.2) is 0 Å². The Balaban J connectivity index is 1.50. The van der Waals surface area contributed by atoms with Crippen molar-refractivity contribution in [3.05, 3.63) is 28.8 Å². The fraction of sp³-hybridized carbons (Fsp3) is 0.625. The van der Waals surface area contributed by atoms with Gasteiger partial charge in [0, 0.05) is 22.8 Å². The average Bonchev–Trinajstić information content (AvgIpc) is 2.77. The van der Waals surface area contributed by atoms with Crippen molar-refractivity contribution in [2.24, 2.45) is 0 Å². The summed E-state index contributed by atoms with van der Waals surface area (Å²) in [5, 5.41) is 9.64. The zero-order valence-corrected chi connectivity index (χ0v) is 19.4. The Kier molecular flexibility index (Phi) is 7.23. The molecule has 3 aliphatic rings. The van der Waals surface area contributed by atoms with Gasteiger partial charge in [-0.05, 0) is 50.3 Å². The van der Waals surface area contributed by atoms with E-state index in [1.54, 1.807) is 17.0 Å². The van der Waals surface area contributed by atoms with Crippen molar-refractivity contribution in [2.75, 3.05) is 5.32 Å². The van der Waals surface area contributed by atoms with Gasteiger partial charge in [0.25, 0.3) is 0 Å². The first kappa shape index (κ1) is 22.9. The van der Waals surface area contributed by atoms with E-state index in [0.717, 1.165) is 56.9 Å². The van der Waals surface area contributed by atoms with Crippen LogP contribution < -0.4 is 16.0 Å². The smallest absolute Gasteiger partial charge is 0.318 e. The molecule has 1 heterocycles. The summed E-state index contributed by atoms with van der Waals surface area (Å²) in [6.45, 7) is 1.89. The van der Waals surface area contributed by atoms with E-state index < -0.39 is 6.04 Å². The summed E-state index contributed by atoms with van der Waals surface area (Å²) >= 11 is 6.17. The van der Waals surface area contributed by atoms with Crippen LogP contribution in [0.5, 0.6) is 0 Å². The number of hydrogen-bond donors (Lipinski definition) is 3. The number of amides is 4. The Bertz CT molecular complexity index is 871. The van der Waals surface area contributed by atoms with Crippen LogP contribution in [0.15, 0.2) is 18.2 Å². The molecule has 8 heteroatoms. The van der Waals surface area contributed by atoms with Gasteiger partial charge < -0.3 is 20.9 Å². The van der Waals surface area contributed by atoms with Gasteiger partial charge in [0.05, 0.1) is 12.5 Å². The van der Waals surface area contributed by atoms with Crippen LogP contribution in [-0.2, 0) is 9.59 Å². The third kappa shape index (κ3) is 5.20. The van der Waals surface area contributed by atoms with Crippen molar-refractivity contribution in [1.29, 1.82) is 0 Å². The molecule has 0 spiro atoms. The quantitative estimate of drug-likeness (QED) is 0.630. The number of aryl methyl sites for hydroxylation is 1. The average molecular weight is 461 g/mol. The second-order valence-corrected chi connectivity index (χ2v) is 9.80. The molecule has 2 saturated carbocycles. The highest BCUT2D eigenvalue weighted by molar-refractivity contribution is 6.31. The summed E-state index contributed by atoms with van der Waals surface area (Å²) < 4.78 is 0. The summed E-state index contributed by atoms with van der Waals surface area (Å²) in [7, 11) is 0. The number of halogens is 1. The van der Waals surface area contributed by atoms with E-state index in [2.05, 4.69) is 16.0 Å². The summed E-state index contributed by atoms with van der Waals surface area (Å²) in [6, 6.07) is 4.32. The first-order valence-corrected chi connectivity index (χ1v) is 12.3. The number of nitrogens with one attached hydrogen (secondary N) is 3. The summed E-state index contributed by atoms with van der Waals surface area (Å²) in [5.74, 6) is -0.557. The van der Waals surface area contributed by atoms with Crippen LogP contribution in [0, 0.1) is 6.92 Å². The lowest BCUT2D eigenvalue weighted by molar-refractivity contribution is -0.135. The van der Waals surface area contributed by atoms with Crippen LogP contribution in [0.1, 0.15) is 69.8 Å². The maximum absolute atomic E-state index is 13.4. The third-order valence-corrected chi connectivity index (χ3v) is 7.46. The van der Waals surface area contributed by atoms with Crippen LogP contribution in [0.2, 0.25) is 5.02 Å². The molecular weight excluding hydrogens is 428 g/mol. The highest BCUT2D eigenvalue weighted by Gasteiger charge is 2.46. The second-order valence-electron chi connectivity index (χ2n) is 9.39. The number of benzene rings is 1. The normalized spacial score (nSPS) is 26.1. The largest absolute Gasteiger partial charge is 0.349 e. The number of carbonyl (C=O) groups is 3. The zero-order chi connectivity index (χ0) is 22.7. The molecule has 174 valence electrons. The van der Waals surface area contributed by atoms with Gasteiger partial charge >= 0.3 is 6.03 Å². The fourth-order valence-corrected chi connectivity index (χ4v) is 5.47. The number of piperazine rings is 1. The van der Waals surface area contributed by atoms with Crippen LogP contribution in [0.25, 0.3) is 0 Å². The van der Waals surface area contributed by atoms with Crippen molar-refractivity contribution in [3.63, 3.8) is 0 Å². The number of urea groups is 1. The van der Waals surface area contributed by atoms with E-state index in [1.165, 1.54) is 6.42 Å². The van der Waals surface area contributed by atoms with Crippen molar-refractivity contribution in [1.82, 2.24) is 15.5 Å². The molecule has 0 unspecified atom stereocenters. The molecule has 0 bridgehead atoms. The monoisotopic (exact) mass is 460 g/mol. The Labute approximate surface area is 194 Å². The van der Waals surface area contributed by atoms with Gasteiger partial charge in [-0.2, -0.15) is 0 Å². The number of hydrogen-bond acceptors (Lipinski definition) is 3. The van der Waals surface area contributed by atoms with E-state index in [0.29, 0.717) is 10.7 Å². The van der Waals surface area contributed by atoms with E-state index in [-0.39, 0.29) is 42.4 Å². The highest BCUT2D eigenvalue weighted by atomic mass is 35.5. The minimum absolute atomic E-state index is 0.0384. The zero-order valence-electron chi connectivity index (χ0n) is 18.7. The third-order valence-electron chi connectivity index (χ3n) is 7.05. The molecule has 3 fully saturated rings. The van der Waals surface area contributed by atoms with Gasteiger partial charge in [0.2, 0.25) is 11.8 Å². The maximum Gasteiger partial charge on any atom is 0.318 e. The molecule has 2 aliphatic carbocycles. The molecular formula is C24H33ClN4O3. The topological polar surface area (TPSA) is 90.5 Å². The van der Waals surface area contributed by atoms with E-state index in [1.807, 2.05) is 13.0 Å². The molecule has 0 radical (unpaired) electrons. The summed E-state index contributed by atoms with van der Waals surface area (Å²) in [5.41, 5.74) is 1.50. The minimum atomic E-state index is -0.820. The number of carbonyl (C=O) groups excluding carboxylic acids is 3. The number of rotatable bonds is 4. The molecule has 32 heavy (non-hydrogen) atoms. The van der Waals surface area contributed by atoms with Crippen LogP contribution >= 0.6 is 11.6 Å². The van der Waals surface area contributed by atoms with Gasteiger partial charge in [0.1, 0.15) is 6.04 Å². The number of nitrogens with zero attached hydrogens (tertiary/aromatic N) is 1. The lowest BCUT2D eigenvalue weighted by Crippen LogP contribution is -2.69. The molecule has 7 nitrogen and oxygen atoms in total. The SMILES string of the molecule is Cc1ccc(NC(=O)C[C@@H]2C(=O)N[C@@H]3CCCC[C@H]3N2C(=O)NC2CCCCC2)cc1Cl. The van der Waals surface area contributed by atoms with E-state index in [4.69, 9.17) is 11.6 Å². The van der Waals surface area contributed by atoms with Crippen molar-refractivity contribution in [3.8, 4) is 0 Å². The lowest BCUT2D eigenvalue weighted by atomic mass is 9.85.